The van der Waals surface area contributed by atoms with Crippen molar-refractivity contribution in [3.05, 3.63) is 40.1 Å². The van der Waals surface area contributed by atoms with Crippen LogP contribution in [0.3, 0.4) is 0 Å². The van der Waals surface area contributed by atoms with E-state index in [0.29, 0.717) is 42.5 Å². The zero-order valence-corrected chi connectivity index (χ0v) is 15.7. The highest BCUT2D eigenvalue weighted by atomic mass is 32.1. The summed E-state index contributed by atoms with van der Waals surface area (Å²) in [6, 6.07) is 7.31. The Hall–Kier alpha value is -2.25. The second kappa shape index (κ2) is 9.29. The van der Waals surface area contributed by atoms with Gasteiger partial charge in [-0.25, -0.2) is 0 Å². The molecule has 6 nitrogen and oxygen atoms in total. The van der Waals surface area contributed by atoms with Gasteiger partial charge in [0.1, 0.15) is 0 Å². The zero-order valence-electron chi connectivity index (χ0n) is 14.9. The fourth-order valence-electron chi connectivity index (χ4n) is 2.43. The van der Waals surface area contributed by atoms with Crippen LogP contribution >= 0.6 is 11.3 Å². The number of carbonyl (C=O) groups is 1. The fourth-order valence-corrected chi connectivity index (χ4v) is 3.15. The number of hydrogen-bond acceptors (Lipinski definition) is 6. The van der Waals surface area contributed by atoms with Gasteiger partial charge in [-0.15, -0.1) is 11.3 Å². The van der Waals surface area contributed by atoms with Gasteiger partial charge in [0, 0.05) is 24.1 Å². The third-order valence-electron chi connectivity index (χ3n) is 3.69. The maximum atomic E-state index is 13.0. The molecule has 0 N–H and O–H groups in total. The van der Waals surface area contributed by atoms with Gasteiger partial charge in [-0.05, 0) is 23.6 Å². The molecule has 0 spiro atoms. The molecule has 0 aliphatic carbocycles. The number of methoxy groups -OCH3 is 4. The van der Waals surface area contributed by atoms with Gasteiger partial charge in [0.05, 0.1) is 34.5 Å². The van der Waals surface area contributed by atoms with E-state index in [4.69, 9.17) is 18.9 Å². The maximum Gasteiger partial charge on any atom is 0.254 e. The fraction of sp³-hybridized carbons (Fsp3) is 0.389. The minimum absolute atomic E-state index is 0.121. The Morgan fingerprint density at radius 2 is 1.76 bits per heavy atom. The maximum absolute atomic E-state index is 13.0. The summed E-state index contributed by atoms with van der Waals surface area (Å²) in [5.74, 6) is 1.24. The molecular weight excluding hydrogens is 342 g/mol. The molecule has 0 unspecified atom stereocenters. The molecule has 0 aliphatic heterocycles. The molecule has 0 bridgehead atoms. The molecule has 25 heavy (non-hydrogen) atoms. The van der Waals surface area contributed by atoms with Crippen LogP contribution in [0.2, 0.25) is 0 Å². The first-order valence-electron chi connectivity index (χ1n) is 7.75. The third-order valence-corrected chi connectivity index (χ3v) is 4.55. The Labute approximate surface area is 151 Å². The number of ether oxygens (including phenoxy) is 4. The van der Waals surface area contributed by atoms with Crippen LogP contribution in [0.1, 0.15) is 15.2 Å². The molecule has 7 heteroatoms. The van der Waals surface area contributed by atoms with Crippen LogP contribution in [-0.4, -0.2) is 52.4 Å². The largest absolute Gasteiger partial charge is 0.493 e. The Balaban J connectivity index is 2.33. The smallest absolute Gasteiger partial charge is 0.254 e. The number of carbonyl (C=O) groups excluding carboxylic acids is 1. The lowest BCUT2D eigenvalue weighted by Crippen LogP contribution is -2.33. The van der Waals surface area contributed by atoms with Crippen LogP contribution in [-0.2, 0) is 11.3 Å². The van der Waals surface area contributed by atoms with Crippen LogP contribution in [0.25, 0.3) is 0 Å². The van der Waals surface area contributed by atoms with Gasteiger partial charge in [0.2, 0.25) is 5.75 Å². The molecule has 1 amide bonds. The Kier molecular flexibility index (Phi) is 7.09. The van der Waals surface area contributed by atoms with E-state index < -0.39 is 0 Å². The monoisotopic (exact) mass is 365 g/mol. The van der Waals surface area contributed by atoms with E-state index in [9.17, 15) is 4.79 Å². The minimum atomic E-state index is -0.121. The van der Waals surface area contributed by atoms with Gasteiger partial charge >= 0.3 is 0 Å². The van der Waals surface area contributed by atoms with Crippen LogP contribution in [0.5, 0.6) is 17.2 Å². The van der Waals surface area contributed by atoms with E-state index >= 15 is 0 Å². The van der Waals surface area contributed by atoms with E-state index in [0.717, 1.165) is 4.88 Å². The summed E-state index contributed by atoms with van der Waals surface area (Å²) in [5, 5.41) is 1.99. The van der Waals surface area contributed by atoms with Crippen molar-refractivity contribution in [2.75, 3.05) is 41.6 Å². The first-order chi connectivity index (χ1) is 12.1. The standard InChI is InChI=1S/C18H23NO5S/c1-21-8-7-19(12-14-6-5-9-25-14)18(20)13-10-15(22-2)17(24-4)16(11-13)23-3/h5-6,9-11H,7-8,12H2,1-4H3. The lowest BCUT2D eigenvalue weighted by Gasteiger charge is -2.23. The predicted molar refractivity (Wildman–Crippen MR) is 97.0 cm³/mol. The Morgan fingerprint density at radius 1 is 1.08 bits per heavy atom. The summed E-state index contributed by atoms with van der Waals surface area (Å²) >= 11 is 1.61. The van der Waals surface area contributed by atoms with Crippen molar-refractivity contribution in [1.29, 1.82) is 0 Å². The average molecular weight is 365 g/mol. The highest BCUT2D eigenvalue weighted by Crippen LogP contribution is 2.38. The number of hydrogen-bond donors (Lipinski definition) is 0. The zero-order chi connectivity index (χ0) is 18.2. The second-order valence-corrected chi connectivity index (χ2v) is 6.25. The van der Waals surface area contributed by atoms with Gasteiger partial charge in [-0.3, -0.25) is 4.79 Å². The normalized spacial score (nSPS) is 10.4. The van der Waals surface area contributed by atoms with Gasteiger partial charge < -0.3 is 23.8 Å². The van der Waals surface area contributed by atoms with Crippen molar-refractivity contribution in [2.24, 2.45) is 0 Å². The lowest BCUT2D eigenvalue weighted by atomic mass is 10.1. The SMILES string of the molecule is COCCN(Cc1cccs1)C(=O)c1cc(OC)c(OC)c(OC)c1. The molecule has 2 aromatic rings. The molecular formula is C18H23NO5S. The quantitative estimate of drug-likeness (QED) is 0.684. The summed E-state index contributed by atoms with van der Waals surface area (Å²) in [4.78, 5) is 15.9. The van der Waals surface area contributed by atoms with Crippen LogP contribution < -0.4 is 14.2 Å². The van der Waals surface area contributed by atoms with Gasteiger partial charge in [-0.1, -0.05) is 6.07 Å². The molecule has 0 saturated carbocycles. The van der Waals surface area contributed by atoms with E-state index in [1.165, 1.54) is 21.3 Å². The van der Waals surface area contributed by atoms with Crippen molar-refractivity contribution in [3.8, 4) is 17.2 Å². The van der Waals surface area contributed by atoms with Crippen molar-refractivity contribution in [2.45, 2.75) is 6.54 Å². The average Bonchev–Trinajstić information content (AvgIpc) is 3.16. The summed E-state index contributed by atoms with van der Waals surface area (Å²) < 4.78 is 21.1. The van der Waals surface area contributed by atoms with E-state index in [1.54, 1.807) is 35.5 Å². The predicted octanol–water partition coefficient (Wildman–Crippen LogP) is 3.06. The molecule has 1 heterocycles. The third kappa shape index (κ3) is 4.64. The summed E-state index contributed by atoms with van der Waals surface area (Å²) in [6.07, 6.45) is 0. The Bertz CT molecular complexity index is 662. The minimum Gasteiger partial charge on any atom is -0.493 e. The van der Waals surface area contributed by atoms with Crippen molar-refractivity contribution < 1.29 is 23.7 Å². The number of rotatable bonds is 9. The van der Waals surface area contributed by atoms with E-state index in [-0.39, 0.29) is 5.91 Å². The van der Waals surface area contributed by atoms with Gasteiger partial charge in [0.15, 0.2) is 11.5 Å². The first-order valence-corrected chi connectivity index (χ1v) is 8.63. The van der Waals surface area contributed by atoms with Crippen LogP contribution in [0, 0.1) is 0 Å². The van der Waals surface area contributed by atoms with Gasteiger partial charge in [-0.2, -0.15) is 0 Å². The Morgan fingerprint density at radius 3 is 2.24 bits per heavy atom. The van der Waals surface area contributed by atoms with E-state index in [1.807, 2.05) is 17.5 Å². The molecule has 2 rings (SSSR count). The summed E-state index contributed by atoms with van der Waals surface area (Å²) in [7, 11) is 6.20. The molecule has 136 valence electrons. The summed E-state index contributed by atoms with van der Waals surface area (Å²) in [6.45, 7) is 1.47. The van der Waals surface area contributed by atoms with Crippen LogP contribution in [0.15, 0.2) is 29.6 Å². The number of amides is 1. The van der Waals surface area contributed by atoms with Crippen LogP contribution in [0.4, 0.5) is 0 Å². The molecule has 0 radical (unpaired) electrons. The van der Waals surface area contributed by atoms with E-state index in [2.05, 4.69) is 0 Å². The molecule has 1 aromatic heterocycles. The number of thiophene rings is 1. The number of benzene rings is 1. The lowest BCUT2D eigenvalue weighted by molar-refractivity contribution is 0.0681. The molecule has 0 atom stereocenters. The molecule has 0 saturated heterocycles. The molecule has 0 aliphatic rings. The van der Waals surface area contributed by atoms with Crippen molar-refractivity contribution in [1.82, 2.24) is 4.90 Å². The van der Waals surface area contributed by atoms with Crippen molar-refractivity contribution in [3.63, 3.8) is 0 Å². The highest BCUT2D eigenvalue weighted by Gasteiger charge is 2.21. The van der Waals surface area contributed by atoms with Crippen molar-refractivity contribution >= 4 is 17.2 Å². The molecule has 1 aromatic carbocycles. The first kappa shape index (κ1) is 19.1. The van der Waals surface area contributed by atoms with Gasteiger partial charge in [0.25, 0.3) is 5.91 Å². The number of nitrogens with zero attached hydrogens (tertiary/aromatic N) is 1. The highest BCUT2D eigenvalue weighted by molar-refractivity contribution is 7.09. The second-order valence-electron chi connectivity index (χ2n) is 5.21. The molecule has 0 fully saturated rings. The topological polar surface area (TPSA) is 57.2 Å². The summed E-state index contributed by atoms with van der Waals surface area (Å²) in [5.41, 5.74) is 0.474.